The normalized spacial score (nSPS) is 12.4. The number of nitrogens with zero attached hydrogens (tertiary/aromatic N) is 4. The quantitative estimate of drug-likeness (QED) is 0.544. The first-order valence-electron chi connectivity index (χ1n) is 4.89. The van der Waals surface area contributed by atoms with Crippen molar-refractivity contribution >= 4 is 17.7 Å². The number of thioether (sulfide) groups is 1. The lowest BCUT2D eigenvalue weighted by molar-refractivity contribution is -0.142. The molecule has 1 atom stereocenters. The molecule has 1 aromatic heterocycles. The number of carbonyl (C=O) groups is 1. The van der Waals surface area contributed by atoms with Gasteiger partial charge in [0, 0.05) is 0 Å². The van der Waals surface area contributed by atoms with Crippen molar-refractivity contribution in [2.24, 2.45) is 0 Å². The van der Waals surface area contributed by atoms with Gasteiger partial charge in [-0.05, 0) is 24.3 Å². The fourth-order valence-corrected chi connectivity index (χ4v) is 1.80. The van der Waals surface area contributed by atoms with E-state index in [4.69, 9.17) is 9.84 Å². The molecule has 1 rings (SSSR count). The maximum Gasteiger partial charge on any atom is 0.319 e. The van der Waals surface area contributed by atoms with Crippen LogP contribution in [0.4, 0.5) is 0 Å². The zero-order valence-electron chi connectivity index (χ0n) is 9.16. The van der Waals surface area contributed by atoms with E-state index in [9.17, 15) is 4.79 Å². The molecule has 1 N–H and O–H groups in total. The lowest BCUT2D eigenvalue weighted by Crippen LogP contribution is -2.18. The Balaban J connectivity index is 2.58. The summed E-state index contributed by atoms with van der Waals surface area (Å²) in [5.74, 6) is -0.300. The van der Waals surface area contributed by atoms with Crippen molar-refractivity contribution in [3.05, 3.63) is 0 Å². The zero-order chi connectivity index (χ0) is 12.0. The van der Waals surface area contributed by atoms with E-state index < -0.39 is 0 Å². The lowest BCUT2D eigenvalue weighted by atomic mass is 10.5. The maximum absolute atomic E-state index is 11.4. The Morgan fingerprint density at radius 1 is 1.69 bits per heavy atom. The minimum Gasteiger partial charge on any atom is -0.465 e. The van der Waals surface area contributed by atoms with E-state index in [-0.39, 0.29) is 17.8 Å². The van der Waals surface area contributed by atoms with Gasteiger partial charge in [0.15, 0.2) is 0 Å². The molecule has 0 bridgehead atoms. The molecule has 0 saturated heterocycles. The van der Waals surface area contributed by atoms with Gasteiger partial charge in [-0.15, -0.1) is 5.10 Å². The van der Waals surface area contributed by atoms with E-state index in [1.165, 1.54) is 16.4 Å². The molecule has 0 aliphatic carbocycles. The van der Waals surface area contributed by atoms with Crippen LogP contribution in [0.1, 0.15) is 13.8 Å². The summed E-state index contributed by atoms with van der Waals surface area (Å²) in [6.07, 6.45) is 0. The first-order valence-corrected chi connectivity index (χ1v) is 5.77. The topological polar surface area (TPSA) is 90.1 Å². The number of ether oxygens (including phenoxy) is 1. The van der Waals surface area contributed by atoms with Gasteiger partial charge in [-0.3, -0.25) is 4.79 Å². The summed E-state index contributed by atoms with van der Waals surface area (Å²) in [7, 11) is 0. The number of aliphatic hydroxyl groups excluding tert-OH is 1. The molecular formula is C8H14N4O3S. The van der Waals surface area contributed by atoms with Crippen molar-refractivity contribution < 1.29 is 14.6 Å². The average molecular weight is 246 g/mol. The summed E-state index contributed by atoms with van der Waals surface area (Å²) >= 11 is 1.21. The van der Waals surface area contributed by atoms with Crippen molar-refractivity contribution in [1.29, 1.82) is 0 Å². The second-order valence-corrected chi connectivity index (χ2v) is 4.23. The Bertz CT molecular complexity index is 344. The molecule has 8 heteroatoms. The second-order valence-electron chi connectivity index (χ2n) is 2.92. The zero-order valence-corrected chi connectivity index (χ0v) is 9.98. The molecule has 0 spiro atoms. The lowest BCUT2D eigenvalue weighted by Gasteiger charge is -2.09. The number of tetrazole rings is 1. The highest BCUT2D eigenvalue weighted by atomic mass is 32.2. The van der Waals surface area contributed by atoms with Gasteiger partial charge in [0.2, 0.25) is 5.16 Å². The summed E-state index contributed by atoms with van der Waals surface area (Å²) in [6.45, 7) is 4.09. The van der Waals surface area contributed by atoms with E-state index in [1.54, 1.807) is 13.8 Å². The summed E-state index contributed by atoms with van der Waals surface area (Å²) in [6, 6.07) is 0. The summed E-state index contributed by atoms with van der Waals surface area (Å²) in [5.41, 5.74) is 0. The van der Waals surface area contributed by atoms with Gasteiger partial charge in [-0.2, -0.15) is 0 Å². The van der Waals surface area contributed by atoms with Gasteiger partial charge in [0.1, 0.15) is 5.25 Å². The first kappa shape index (κ1) is 12.9. The number of aliphatic hydroxyl groups is 1. The first-order chi connectivity index (χ1) is 7.69. The summed E-state index contributed by atoms with van der Waals surface area (Å²) in [5, 5.41) is 19.8. The number of rotatable bonds is 6. The van der Waals surface area contributed by atoms with E-state index >= 15 is 0 Å². The minimum atomic E-state index is -0.372. The van der Waals surface area contributed by atoms with Crippen LogP contribution in [0.25, 0.3) is 0 Å². The fraction of sp³-hybridized carbons (Fsp3) is 0.750. The third kappa shape index (κ3) is 3.46. The van der Waals surface area contributed by atoms with Gasteiger partial charge in [0.05, 0.1) is 19.8 Å². The molecule has 16 heavy (non-hydrogen) atoms. The van der Waals surface area contributed by atoms with E-state index in [1.807, 2.05) is 0 Å². The highest BCUT2D eigenvalue weighted by Crippen LogP contribution is 2.20. The Kier molecular flexibility index (Phi) is 5.20. The molecule has 1 aromatic rings. The molecule has 0 radical (unpaired) electrons. The number of hydrogen-bond donors (Lipinski definition) is 1. The smallest absolute Gasteiger partial charge is 0.319 e. The van der Waals surface area contributed by atoms with Crippen LogP contribution in [-0.2, 0) is 16.1 Å². The van der Waals surface area contributed by atoms with E-state index in [2.05, 4.69) is 15.5 Å². The van der Waals surface area contributed by atoms with Crippen LogP contribution < -0.4 is 0 Å². The molecule has 90 valence electrons. The number of aromatic nitrogens is 4. The molecule has 1 heterocycles. The van der Waals surface area contributed by atoms with Crippen LogP contribution in [0, 0.1) is 0 Å². The van der Waals surface area contributed by atoms with E-state index in [0.717, 1.165) is 0 Å². The molecule has 0 aliphatic rings. The Labute approximate surface area is 97.2 Å². The molecule has 0 aliphatic heterocycles. The SMILES string of the molecule is CCOC(=O)C(C)Sc1nnnn1CCO. The van der Waals surface area contributed by atoms with Crippen LogP contribution in [-0.4, -0.2) is 49.7 Å². The maximum atomic E-state index is 11.4. The van der Waals surface area contributed by atoms with E-state index in [0.29, 0.717) is 18.3 Å². The molecule has 1 unspecified atom stereocenters. The van der Waals surface area contributed by atoms with Crippen molar-refractivity contribution in [3.63, 3.8) is 0 Å². The fourth-order valence-electron chi connectivity index (χ4n) is 0.982. The number of esters is 1. The number of carbonyl (C=O) groups excluding carboxylic acids is 1. The Hall–Kier alpha value is -1.15. The van der Waals surface area contributed by atoms with Crippen molar-refractivity contribution in [1.82, 2.24) is 20.2 Å². The van der Waals surface area contributed by atoms with Gasteiger partial charge in [0.25, 0.3) is 0 Å². The molecule has 0 fully saturated rings. The standard InChI is InChI=1S/C8H14N4O3S/c1-3-15-7(14)6(2)16-8-9-10-11-12(8)4-5-13/h6,13H,3-5H2,1-2H3. The molecule has 0 aromatic carbocycles. The monoisotopic (exact) mass is 246 g/mol. The Morgan fingerprint density at radius 2 is 2.44 bits per heavy atom. The Morgan fingerprint density at radius 3 is 3.06 bits per heavy atom. The summed E-state index contributed by atoms with van der Waals surface area (Å²) in [4.78, 5) is 11.4. The predicted molar refractivity (Wildman–Crippen MR) is 56.9 cm³/mol. The minimum absolute atomic E-state index is 0.0492. The van der Waals surface area contributed by atoms with Crippen molar-refractivity contribution in [3.8, 4) is 0 Å². The molecule has 7 nitrogen and oxygen atoms in total. The average Bonchev–Trinajstić information content (AvgIpc) is 2.67. The van der Waals surface area contributed by atoms with Gasteiger partial charge >= 0.3 is 5.97 Å². The predicted octanol–water partition coefficient (Wildman–Crippen LogP) is -0.291. The third-order valence-electron chi connectivity index (χ3n) is 1.71. The van der Waals surface area contributed by atoms with Gasteiger partial charge in [-0.1, -0.05) is 11.8 Å². The van der Waals surface area contributed by atoms with Gasteiger partial charge < -0.3 is 9.84 Å². The van der Waals surface area contributed by atoms with Crippen LogP contribution >= 0.6 is 11.8 Å². The molecular weight excluding hydrogens is 232 g/mol. The van der Waals surface area contributed by atoms with Crippen LogP contribution in [0.5, 0.6) is 0 Å². The van der Waals surface area contributed by atoms with Gasteiger partial charge in [-0.25, -0.2) is 4.68 Å². The van der Waals surface area contributed by atoms with Crippen molar-refractivity contribution in [2.75, 3.05) is 13.2 Å². The second kappa shape index (κ2) is 6.44. The third-order valence-corrected chi connectivity index (χ3v) is 2.76. The summed E-state index contributed by atoms with van der Waals surface area (Å²) < 4.78 is 6.31. The van der Waals surface area contributed by atoms with Crippen LogP contribution in [0.3, 0.4) is 0 Å². The molecule has 0 amide bonds. The number of hydrogen-bond acceptors (Lipinski definition) is 7. The molecule has 0 saturated carbocycles. The highest BCUT2D eigenvalue weighted by Gasteiger charge is 2.19. The van der Waals surface area contributed by atoms with Crippen LogP contribution in [0.15, 0.2) is 5.16 Å². The highest BCUT2D eigenvalue weighted by molar-refractivity contribution is 8.00. The van der Waals surface area contributed by atoms with Crippen LogP contribution in [0.2, 0.25) is 0 Å². The van der Waals surface area contributed by atoms with Crippen molar-refractivity contribution in [2.45, 2.75) is 30.8 Å². The largest absolute Gasteiger partial charge is 0.465 e.